The highest BCUT2D eigenvalue weighted by Gasteiger charge is 2.13. The molecule has 0 aliphatic rings. The molecule has 0 aromatic heterocycles. The van der Waals surface area contributed by atoms with Gasteiger partial charge in [-0.1, -0.05) is 12.1 Å². The van der Waals surface area contributed by atoms with Crippen molar-refractivity contribution in [1.29, 1.82) is 0 Å². The highest BCUT2D eigenvalue weighted by atomic mass is 16.5. The van der Waals surface area contributed by atoms with Crippen molar-refractivity contribution in [2.75, 3.05) is 12.3 Å². The third-order valence-electron chi connectivity index (χ3n) is 2.24. The highest BCUT2D eigenvalue weighted by Crippen LogP contribution is 2.19. The molecule has 0 spiro atoms. The fraction of sp³-hybridized carbons (Fsp3) is 0.500. The standard InChI is InChI=1S/C14H22N2O2/c1-14(2,3)16-13(17)9-6-10-18-12-8-5-4-7-11(12)15/h4-5,7-8H,6,9-10,15H2,1-3H3,(H,16,17). The smallest absolute Gasteiger partial charge is 0.220 e. The van der Waals surface area contributed by atoms with Gasteiger partial charge in [-0.2, -0.15) is 0 Å². The summed E-state index contributed by atoms with van der Waals surface area (Å²) in [5.41, 5.74) is 6.18. The molecule has 0 atom stereocenters. The number of para-hydroxylation sites is 2. The first-order valence-electron chi connectivity index (χ1n) is 6.17. The van der Waals surface area contributed by atoms with Gasteiger partial charge in [-0.3, -0.25) is 4.79 Å². The van der Waals surface area contributed by atoms with Gasteiger partial charge in [-0.15, -0.1) is 0 Å². The number of amides is 1. The van der Waals surface area contributed by atoms with Crippen molar-refractivity contribution in [3.63, 3.8) is 0 Å². The van der Waals surface area contributed by atoms with Crippen molar-refractivity contribution in [2.24, 2.45) is 0 Å². The van der Waals surface area contributed by atoms with E-state index in [4.69, 9.17) is 10.5 Å². The Kier molecular flexibility index (Phi) is 5.01. The lowest BCUT2D eigenvalue weighted by Crippen LogP contribution is -2.40. The quantitative estimate of drug-likeness (QED) is 0.622. The van der Waals surface area contributed by atoms with Crippen molar-refractivity contribution in [1.82, 2.24) is 5.32 Å². The van der Waals surface area contributed by atoms with Crippen LogP contribution in [0.15, 0.2) is 24.3 Å². The molecule has 0 aliphatic heterocycles. The summed E-state index contributed by atoms with van der Waals surface area (Å²) in [5.74, 6) is 0.723. The first-order valence-corrected chi connectivity index (χ1v) is 6.17. The maximum absolute atomic E-state index is 11.5. The average Bonchev–Trinajstić information content (AvgIpc) is 2.24. The lowest BCUT2D eigenvalue weighted by Gasteiger charge is -2.20. The Hall–Kier alpha value is -1.71. The zero-order valence-corrected chi connectivity index (χ0v) is 11.3. The number of nitrogen functional groups attached to an aromatic ring is 1. The Labute approximate surface area is 109 Å². The Morgan fingerprint density at radius 1 is 1.33 bits per heavy atom. The van der Waals surface area contributed by atoms with Gasteiger partial charge in [0, 0.05) is 12.0 Å². The molecule has 1 aromatic rings. The second kappa shape index (κ2) is 6.28. The van der Waals surface area contributed by atoms with Crippen LogP contribution in [0.25, 0.3) is 0 Å². The fourth-order valence-electron chi connectivity index (χ4n) is 1.51. The maximum Gasteiger partial charge on any atom is 0.220 e. The molecule has 1 rings (SSSR count). The molecule has 0 aliphatic carbocycles. The summed E-state index contributed by atoms with van der Waals surface area (Å²) in [6, 6.07) is 7.35. The van der Waals surface area contributed by atoms with E-state index >= 15 is 0 Å². The van der Waals surface area contributed by atoms with Crippen LogP contribution in [0, 0.1) is 0 Å². The maximum atomic E-state index is 11.5. The number of ether oxygens (including phenoxy) is 1. The number of benzene rings is 1. The van der Waals surface area contributed by atoms with E-state index in [0.29, 0.717) is 30.9 Å². The second-order valence-corrected chi connectivity index (χ2v) is 5.29. The normalized spacial score (nSPS) is 11.1. The summed E-state index contributed by atoms with van der Waals surface area (Å²) in [6.45, 7) is 6.38. The van der Waals surface area contributed by atoms with Gasteiger partial charge in [0.15, 0.2) is 0 Å². The summed E-state index contributed by atoms with van der Waals surface area (Å²) in [6.07, 6.45) is 1.14. The largest absolute Gasteiger partial charge is 0.491 e. The van der Waals surface area contributed by atoms with Gasteiger partial charge >= 0.3 is 0 Å². The molecular weight excluding hydrogens is 228 g/mol. The van der Waals surface area contributed by atoms with Crippen LogP contribution in [0.2, 0.25) is 0 Å². The summed E-state index contributed by atoms with van der Waals surface area (Å²) >= 11 is 0. The number of hydrogen-bond acceptors (Lipinski definition) is 3. The number of carbonyl (C=O) groups excluding carboxylic acids is 1. The topological polar surface area (TPSA) is 64.3 Å². The number of anilines is 1. The van der Waals surface area contributed by atoms with Crippen LogP contribution < -0.4 is 15.8 Å². The molecule has 3 N–H and O–H groups in total. The lowest BCUT2D eigenvalue weighted by atomic mass is 10.1. The lowest BCUT2D eigenvalue weighted by molar-refractivity contribution is -0.122. The summed E-state index contributed by atoms with van der Waals surface area (Å²) in [5, 5.41) is 2.91. The van der Waals surface area contributed by atoms with Gasteiger partial charge in [0.05, 0.1) is 12.3 Å². The van der Waals surface area contributed by atoms with E-state index in [9.17, 15) is 4.79 Å². The number of nitrogens with two attached hydrogens (primary N) is 1. The minimum atomic E-state index is -0.179. The summed E-state index contributed by atoms with van der Waals surface area (Å²) < 4.78 is 5.51. The van der Waals surface area contributed by atoms with Crippen molar-refractivity contribution in [3.05, 3.63) is 24.3 Å². The first kappa shape index (κ1) is 14.4. The Balaban J connectivity index is 2.23. The van der Waals surface area contributed by atoms with E-state index in [1.807, 2.05) is 39.0 Å². The summed E-state index contributed by atoms with van der Waals surface area (Å²) in [4.78, 5) is 11.5. The van der Waals surface area contributed by atoms with Crippen molar-refractivity contribution >= 4 is 11.6 Å². The van der Waals surface area contributed by atoms with Crippen molar-refractivity contribution in [3.8, 4) is 5.75 Å². The Bertz CT molecular complexity index is 397. The van der Waals surface area contributed by atoms with E-state index < -0.39 is 0 Å². The van der Waals surface area contributed by atoms with Gasteiger partial charge in [0.25, 0.3) is 0 Å². The molecule has 100 valence electrons. The van der Waals surface area contributed by atoms with Crippen molar-refractivity contribution < 1.29 is 9.53 Å². The van der Waals surface area contributed by atoms with Crippen molar-refractivity contribution in [2.45, 2.75) is 39.2 Å². The molecule has 0 saturated carbocycles. The number of rotatable bonds is 5. The van der Waals surface area contributed by atoms with E-state index in [1.165, 1.54) is 0 Å². The van der Waals surface area contributed by atoms with Crippen LogP contribution >= 0.6 is 0 Å². The average molecular weight is 250 g/mol. The predicted molar refractivity (Wildman–Crippen MR) is 73.5 cm³/mol. The third kappa shape index (κ3) is 5.57. The number of carbonyl (C=O) groups is 1. The van der Waals surface area contributed by atoms with Gasteiger partial charge in [-0.25, -0.2) is 0 Å². The van der Waals surface area contributed by atoms with E-state index in [-0.39, 0.29) is 11.4 Å². The zero-order chi connectivity index (χ0) is 13.6. The second-order valence-electron chi connectivity index (χ2n) is 5.29. The van der Waals surface area contributed by atoms with Gasteiger partial charge in [0.1, 0.15) is 5.75 Å². The zero-order valence-electron chi connectivity index (χ0n) is 11.3. The molecule has 18 heavy (non-hydrogen) atoms. The molecule has 0 saturated heterocycles. The molecule has 0 unspecified atom stereocenters. The van der Waals surface area contributed by atoms with Crippen LogP contribution in [0.4, 0.5) is 5.69 Å². The fourth-order valence-corrected chi connectivity index (χ4v) is 1.51. The molecule has 4 heteroatoms. The van der Waals surface area contributed by atoms with Gasteiger partial charge < -0.3 is 15.8 Å². The molecular formula is C14H22N2O2. The van der Waals surface area contributed by atoms with Gasteiger partial charge in [-0.05, 0) is 39.3 Å². The van der Waals surface area contributed by atoms with Crippen LogP contribution in [0.1, 0.15) is 33.6 Å². The molecule has 0 bridgehead atoms. The third-order valence-corrected chi connectivity index (χ3v) is 2.24. The SMILES string of the molecule is CC(C)(C)NC(=O)CCCOc1ccccc1N. The van der Waals surface area contributed by atoms with Crippen LogP contribution in [0.3, 0.4) is 0 Å². The van der Waals surface area contributed by atoms with Crippen LogP contribution in [0.5, 0.6) is 5.75 Å². The minimum Gasteiger partial charge on any atom is -0.491 e. The van der Waals surface area contributed by atoms with Crippen LogP contribution in [-0.4, -0.2) is 18.1 Å². The van der Waals surface area contributed by atoms with E-state index in [0.717, 1.165) is 0 Å². The molecule has 0 heterocycles. The molecule has 0 fully saturated rings. The van der Waals surface area contributed by atoms with E-state index in [2.05, 4.69) is 5.32 Å². The summed E-state index contributed by atoms with van der Waals surface area (Å²) in [7, 11) is 0. The van der Waals surface area contributed by atoms with E-state index in [1.54, 1.807) is 6.07 Å². The van der Waals surface area contributed by atoms with Crippen LogP contribution in [-0.2, 0) is 4.79 Å². The van der Waals surface area contributed by atoms with Gasteiger partial charge in [0.2, 0.25) is 5.91 Å². The number of nitrogens with one attached hydrogen (secondary N) is 1. The predicted octanol–water partition coefficient (Wildman–Crippen LogP) is 2.34. The highest BCUT2D eigenvalue weighted by molar-refractivity contribution is 5.76. The first-order chi connectivity index (χ1) is 8.38. The monoisotopic (exact) mass is 250 g/mol. The Morgan fingerprint density at radius 3 is 2.61 bits per heavy atom. The number of hydrogen-bond donors (Lipinski definition) is 2. The molecule has 0 radical (unpaired) electrons. The molecule has 1 amide bonds. The molecule has 4 nitrogen and oxygen atoms in total. The Morgan fingerprint density at radius 2 is 2.00 bits per heavy atom. The minimum absolute atomic E-state index is 0.0483. The molecule has 1 aromatic carbocycles.